The van der Waals surface area contributed by atoms with Gasteiger partial charge in [0.25, 0.3) is 0 Å². The van der Waals surface area contributed by atoms with Crippen LogP contribution in [0.4, 0.5) is 14.5 Å². The van der Waals surface area contributed by atoms with Crippen molar-refractivity contribution in [2.75, 3.05) is 25.0 Å². The summed E-state index contributed by atoms with van der Waals surface area (Å²) in [5.41, 5.74) is 3.47. The van der Waals surface area contributed by atoms with Crippen LogP contribution in [0.5, 0.6) is 0 Å². The largest absolute Gasteiger partial charge is 0.326 e. The normalized spacial score (nSPS) is 16.5. The summed E-state index contributed by atoms with van der Waals surface area (Å²) in [6.45, 7) is 3.26. The molecule has 1 heterocycles. The molecule has 1 aliphatic heterocycles. The molecule has 0 saturated carbocycles. The standard InChI is InChI=1S/C34H35F2N3O3S/c1-24-10-12-25(13-11-24)31(26-14-16-27(35)17-15-26)22-34(40)38-33-9-5-8-32(36)30(33)19-18-28-23-37-20-21-39(28)43(41,42)29-6-3-2-4-7-29/h2-17,28,31,37H,18-23H2,1H3,(H,38,40)/t28-,31?/m1/s1. The van der Waals surface area contributed by atoms with Gasteiger partial charge < -0.3 is 10.6 Å². The van der Waals surface area contributed by atoms with Gasteiger partial charge in [0.1, 0.15) is 11.6 Å². The second kappa shape index (κ2) is 13.6. The number of rotatable bonds is 10. The van der Waals surface area contributed by atoms with E-state index in [1.807, 2.05) is 31.2 Å². The van der Waals surface area contributed by atoms with E-state index in [4.69, 9.17) is 0 Å². The first-order valence-corrected chi connectivity index (χ1v) is 15.8. The van der Waals surface area contributed by atoms with Crippen molar-refractivity contribution in [3.8, 4) is 0 Å². The van der Waals surface area contributed by atoms with Crippen LogP contribution in [0.25, 0.3) is 0 Å². The van der Waals surface area contributed by atoms with E-state index in [0.717, 1.165) is 16.7 Å². The van der Waals surface area contributed by atoms with E-state index in [1.165, 1.54) is 22.5 Å². The molecule has 5 rings (SSSR count). The molecule has 0 aromatic heterocycles. The monoisotopic (exact) mass is 603 g/mol. The molecule has 0 aliphatic carbocycles. The van der Waals surface area contributed by atoms with Crippen molar-refractivity contribution in [3.63, 3.8) is 0 Å². The molecule has 1 saturated heterocycles. The van der Waals surface area contributed by atoms with Gasteiger partial charge in [0.15, 0.2) is 0 Å². The molecule has 9 heteroatoms. The van der Waals surface area contributed by atoms with Crippen molar-refractivity contribution in [2.45, 2.75) is 43.0 Å². The number of nitrogens with zero attached hydrogens (tertiary/aromatic N) is 1. The topological polar surface area (TPSA) is 78.5 Å². The van der Waals surface area contributed by atoms with Crippen LogP contribution < -0.4 is 10.6 Å². The van der Waals surface area contributed by atoms with Gasteiger partial charge in [-0.25, -0.2) is 17.2 Å². The van der Waals surface area contributed by atoms with Crippen molar-refractivity contribution in [3.05, 3.63) is 131 Å². The maximum Gasteiger partial charge on any atom is 0.243 e. The lowest BCUT2D eigenvalue weighted by Gasteiger charge is -2.35. The smallest absolute Gasteiger partial charge is 0.243 e. The van der Waals surface area contributed by atoms with Gasteiger partial charge in [-0.2, -0.15) is 4.31 Å². The zero-order valence-electron chi connectivity index (χ0n) is 24.0. The highest BCUT2D eigenvalue weighted by atomic mass is 32.2. The lowest BCUT2D eigenvalue weighted by Crippen LogP contribution is -2.53. The Kier molecular flexibility index (Phi) is 9.65. The van der Waals surface area contributed by atoms with Crippen LogP contribution in [-0.4, -0.2) is 44.3 Å². The highest BCUT2D eigenvalue weighted by Gasteiger charge is 2.33. The molecule has 1 aliphatic rings. The van der Waals surface area contributed by atoms with Gasteiger partial charge in [-0.15, -0.1) is 0 Å². The Labute approximate surface area is 251 Å². The van der Waals surface area contributed by atoms with Crippen LogP contribution >= 0.6 is 0 Å². The number of benzene rings is 4. The predicted molar refractivity (Wildman–Crippen MR) is 164 cm³/mol. The van der Waals surface area contributed by atoms with Crippen LogP contribution in [0.15, 0.2) is 102 Å². The maximum atomic E-state index is 15.2. The van der Waals surface area contributed by atoms with Gasteiger partial charge in [-0.05, 0) is 67.3 Å². The van der Waals surface area contributed by atoms with Gasteiger partial charge in [-0.1, -0.05) is 66.2 Å². The Hall–Kier alpha value is -3.92. The minimum atomic E-state index is -3.72. The highest BCUT2D eigenvalue weighted by Crippen LogP contribution is 2.30. The number of sulfonamides is 1. The summed E-state index contributed by atoms with van der Waals surface area (Å²) in [6, 6.07) is 26.4. The molecule has 1 unspecified atom stereocenters. The lowest BCUT2D eigenvalue weighted by atomic mass is 9.87. The first kappa shape index (κ1) is 30.5. The fourth-order valence-corrected chi connectivity index (χ4v) is 7.26. The van der Waals surface area contributed by atoms with E-state index in [1.54, 1.807) is 54.6 Å². The molecule has 4 aromatic carbocycles. The SMILES string of the molecule is Cc1ccc(C(CC(=O)Nc2cccc(F)c2CC[C@@H]2CNCCN2S(=O)(=O)c2ccccc2)c2ccc(F)cc2)cc1. The van der Waals surface area contributed by atoms with E-state index >= 15 is 4.39 Å². The minimum Gasteiger partial charge on any atom is -0.326 e. The molecule has 2 N–H and O–H groups in total. The zero-order chi connectivity index (χ0) is 30.4. The van der Waals surface area contributed by atoms with E-state index in [-0.39, 0.29) is 41.4 Å². The van der Waals surface area contributed by atoms with E-state index in [9.17, 15) is 17.6 Å². The van der Waals surface area contributed by atoms with Gasteiger partial charge in [0.2, 0.25) is 15.9 Å². The van der Waals surface area contributed by atoms with Crippen molar-refractivity contribution in [1.82, 2.24) is 9.62 Å². The molecule has 1 amide bonds. The molecule has 6 nitrogen and oxygen atoms in total. The summed E-state index contributed by atoms with van der Waals surface area (Å²) in [5.74, 6) is -1.46. The van der Waals surface area contributed by atoms with Crippen molar-refractivity contribution in [2.24, 2.45) is 0 Å². The number of nitrogens with one attached hydrogen (secondary N) is 2. The van der Waals surface area contributed by atoms with Crippen LogP contribution in [0.1, 0.15) is 41.0 Å². The van der Waals surface area contributed by atoms with Gasteiger partial charge >= 0.3 is 0 Å². The molecular formula is C34H35F2N3O3S. The number of carbonyl (C=O) groups is 1. The molecule has 0 bridgehead atoms. The third-order valence-electron chi connectivity index (χ3n) is 7.91. The Morgan fingerprint density at radius 1 is 0.930 bits per heavy atom. The fraction of sp³-hybridized carbons (Fsp3) is 0.265. The minimum absolute atomic E-state index is 0.0697. The lowest BCUT2D eigenvalue weighted by molar-refractivity contribution is -0.116. The highest BCUT2D eigenvalue weighted by molar-refractivity contribution is 7.89. The molecule has 4 aromatic rings. The molecular weight excluding hydrogens is 568 g/mol. The van der Waals surface area contributed by atoms with Gasteiger partial charge in [-0.3, -0.25) is 4.79 Å². The van der Waals surface area contributed by atoms with Crippen LogP contribution in [0, 0.1) is 18.6 Å². The molecule has 224 valence electrons. The number of anilines is 1. The predicted octanol–water partition coefficient (Wildman–Crippen LogP) is 6.03. The fourth-order valence-electron chi connectivity index (χ4n) is 5.58. The van der Waals surface area contributed by atoms with Gasteiger partial charge in [0, 0.05) is 49.3 Å². The van der Waals surface area contributed by atoms with Crippen LogP contribution in [0.2, 0.25) is 0 Å². The molecule has 0 spiro atoms. The molecule has 0 radical (unpaired) electrons. The summed E-state index contributed by atoms with van der Waals surface area (Å²) in [6.07, 6.45) is 0.666. The number of hydrogen-bond acceptors (Lipinski definition) is 4. The van der Waals surface area contributed by atoms with Crippen LogP contribution in [-0.2, 0) is 21.2 Å². The second-order valence-electron chi connectivity index (χ2n) is 10.9. The first-order valence-electron chi connectivity index (χ1n) is 14.4. The summed E-state index contributed by atoms with van der Waals surface area (Å²) < 4.78 is 57.2. The zero-order valence-corrected chi connectivity index (χ0v) is 24.8. The number of amides is 1. The number of hydrogen-bond donors (Lipinski definition) is 2. The number of aryl methyl sites for hydroxylation is 1. The quantitative estimate of drug-likeness (QED) is 0.232. The van der Waals surface area contributed by atoms with Gasteiger partial charge in [0.05, 0.1) is 4.90 Å². The Bertz CT molecular complexity index is 1600. The maximum absolute atomic E-state index is 15.2. The van der Waals surface area contributed by atoms with E-state index < -0.39 is 15.8 Å². The average Bonchev–Trinajstić information content (AvgIpc) is 3.01. The summed E-state index contributed by atoms with van der Waals surface area (Å²) in [5, 5.41) is 6.15. The van der Waals surface area contributed by atoms with E-state index in [2.05, 4.69) is 10.6 Å². The summed E-state index contributed by atoms with van der Waals surface area (Å²) in [7, 11) is -3.72. The Balaban J connectivity index is 1.33. The van der Waals surface area contributed by atoms with Crippen molar-refractivity contribution >= 4 is 21.6 Å². The Morgan fingerprint density at radius 2 is 1.60 bits per heavy atom. The number of carbonyl (C=O) groups excluding carboxylic acids is 1. The molecule has 43 heavy (non-hydrogen) atoms. The molecule has 1 fully saturated rings. The van der Waals surface area contributed by atoms with E-state index in [0.29, 0.717) is 37.3 Å². The average molecular weight is 604 g/mol. The second-order valence-corrected chi connectivity index (χ2v) is 12.7. The number of halogens is 2. The van der Waals surface area contributed by atoms with Crippen LogP contribution in [0.3, 0.4) is 0 Å². The first-order chi connectivity index (χ1) is 20.7. The third kappa shape index (κ3) is 7.36. The summed E-state index contributed by atoms with van der Waals surface area (Å²) >= 11 is 0. The molecule has 2 atom stereocenters. The number of piperazine rings is 1. The van der Waals surface area contributed by atoms with Crippen molar-refractivity contribution in [1.29, 1.82) is 0 Å². The Morgan fingerprint density at radius 3 is 2.30 bits per heavy atom. The van der Waals surface area contributed by atoms with Crippen molar-refractivity contribution < 1.29 is 22.0 Å². The summed E-state index contributed by atoms with van der Waals surface area (Å²) in [4.78, 5) is 13.6. The third-order valence-corrected chi connectivity index (χ3v) is 9.87.